The molecule has 1 saturated carbocycles. The van der Waals surface area contributed by atoms with E-state index in [1.165, 1.54) is 36.9 Å². The molecule has 1 amide bonds. The molecule has 0 bridgehead atoms. The third-order valence-electron chi connectivity index (χ3n) is 8.40. The van der Waals surface area contributed by atoms with Gasteiger partial charge in [0.2, 0.25) is 5.91 Å². The minimum atomic E-state index is -0.617. The SMILES string of the molecule is NCc1n[nH]c(=O)c2ccc(C3(C(=O)NCc4ccc(-c5c(Cl)cccc5Cl)cn4)CC3)cc12.c1cnc2c(c1)CCCC2. The lowest BCUT2D eigenvalue weighted by Crippen LogP contribution is -2.34. The van der Waals surface area contributed by atoms with E-state index in [0.717, 1.165) is 35.2 Å². The van der Waals surface area contributed by atoms with Gasteiger partial charge in [0.15, 0.2) is 0 Å². The molecule has 0 aliphatic heterocycles. The molecule has 2 aliphatic rings. The number of aryl methyl sites for hydroxylation is 2. The van der Waals surface area contributed by atoms with Crippen molar-refractivity contribution in [1.29, 1.82) is 0 Å². The standard InChI is InChI=1S/C25H21Cl2N5O2.C9H11N/c26-19-2-1-3-20(27)22(19)14-4-6-16(29-12-14)13-30-24(34)25(8-9-25)15-5-7-17-18(10-15)21(11-28)31-32-23(17)33;1-2-6-9-8(4-1)5-3-7-10-9/h1-7,10,12H,8-9,11,13,28H2,(H,30,34)(H,32,33);3,5,7H,1-2,4,6H2. The van der Waals surface area contributed by atoms with Crippen molar-refractivity contribution in [2.45, 2.75) is 57.0 Å². The predicted octanol–water partition coefficient (Wildman–Crippen LogP) is 6.06. The maximum atomic E-state index is 13.2. The molecular weight excluding hydrogens is 595 g/mol. The molecule has 2 aromatic carbocycles. The van der Waals surface area contributed by atoms with Gasteiger partial charge in [-0.2, -0.15) is 5.10 Å². The summed E-state index contributed by atoms with van der Waals surface area (Å²) in [5.74, 6) is -0.0704. The van der Waals surface area contributed by atoms with Gasteiger partial charge in [-0.15, -0.1) is 0 Å². The summed E-state index contributed by atoms with van der Waals surface area (Å²) in [4.78, 5) is 34.0. The zero-order valence-corrected chi connectivity index (χ0v) is 25.6. The molecule has 4 N–H and O–H groups in total. The van der Waals surface area contributed by atoms with Gasteiger partial charge in [-0.25, -0.2) is 5.10 Å². The van der Waals surface area contributed by atoms with Crippen molar-refractivity contribution in [2.75, 3.05) is 0 Å². The van der Waals surface area contributed by atoms with E-state index in [1.807, 2.05) is 36.5 Å². The lowest BCUT2D eigenvalue weighted by atomic mass is 9.92. The first-order valence-electron chi connectivity index (χ1n) is 14.7. The monoisotopic (exact) mass is 626 g/mol. The molecule has 0 saturated heterocycles. The van der Waals surface area contributed by atoms with E-state index in [9.17, 15) is 9.59 Å². The molecule has 44 heavy (non-hydrogen) atoms. The highest BCUT2D eigenvalue weighted by molar-refractivity contribution is 6.39. The lowest BCUT2D eigenvalue weighted by molar-refractivity contribution is -0.123. The predicted molar refractivity (Wildman–Crippen MR) is 174 cm³/mol. The van der Waals surface area contributed by atoms with Crippen LogP contribution in [0.5, 0.6) is 0 Å². The molecule has 1 fully saturated rings. The number of H-pyrrole nitrogens is 1. The number of amides is 1. The Hall–Kier alpha value is -4.11. The molecule has 7 rings (SSSR count). The number of pyridine rings is 2. The zero-order chi connectivity index (χ0) is 30.7. The molecule has 5 aromatic rings. The summed E-state index contributed by atoms with van der Waals surface area (Å²) < 4.78 is 0. The summed E-state index contributed by atoms with van der Waals surface area (Å²) in [6, 6.07) is 18.7. The molecule has 3 heterocycles. The van der Waals surface area contributed by atoms with Crippen molar-refractivity contribution in [2.24, 2.45) is 5.73 Å². The van der Waals surface area contributed by atoms with Gasteiger partial charge < -0.3 is 11.1 Å². The third kappa shape index (κ3) is 6.11. The topological polar surface area (TPSA) is 127 Å². The van der Waals surface area contributed by atoms with E-state index in [1.54, 1.807) is 30.5 Å². The number of carbonyl (C=O) groups excluding carboxylic acids is 1. The molecule has 2 aliphatic carbocycles. The van der Waals surface area contributed by atoms with Crippen LogP contribution in [0.3, 0.4) is 0 Å². The zero-order valence-electron chi connectivity index (χ0n) is 24.1. The Balaban J connectivity index is 0.000000289. The summed E-state index contributed by atoms with van der Waals surface area (Å²) in [5.41, 5.74) is 11.4. The van der Waals surface area contributed by atoms with Crippen LogP contribution in [0.15, 0.2) is 77.9 Å². The number of aromatic amines is 1. The van der Waals surface area contributed by atoms with Crippen LogP contribution < -0.4 is 16.6 Å². The second-order valence-electron chi connectivity index (χ2n) is 11.2. The summed E-state index contributed by atoms with van der Waals surface area (Å²) in [7, 11) is 0. The fourth-order valence-electron chi connectivity index (χ4n) is 5.77. The van der Waals surface area contributed by atoms with E-state index < -0.39 is 5.41 Å². The Morgan fingerprint density at radius 2 is 1.75 bits per heavy atom. The van der Waals surface area contributed by atoms with Crippen LogP contribution in [-0.4, -0.2) is 26.1 Å². The minimum absolute atomic E-state index is 0.0704. The number of benzene rings is 2. The van der Waals surface area contributed by atoms with Gasteiger partial charge in [0.25, 0.3) is 5.56 Å². The van der Waals surface area contributed by atoms with Gasteiger partial charge in [-0.1, -0.05) is 47.5 Å². The van der Waals surface area contributed by atoms with Crippen LogP contribution in [0, 0.1) is 0 Å². The average molecular weight is 628 g/mol. The van der Waals surface area contributed by atoms with Gasteiger partial charge >= 0.3 is 0 Å². The summed E-state index contributed by atoms with van der Waals surface area (Å²) in [6.45, 7) is 0.483. The second kappa shape index (κ2) is 12.9. The maximum absolute atomic E-state index is 13.2. The normalized spacial score (nSPS) is 14.7. The van der Waals surface area contributed by atoms with E-state index in [4.69, 9.17) is 28.9 Å². The van der Waals surface area contributed by atoms with E-state index >= 15 is 0 Å². The lowest BCUT2D eigenvalue weighted by Gasteiger charge is -2.17. The highest BCUT2D eigenvalue weighted by Crippen LogP contribution is 2.49. The first-order chi connectivity index (χ1) is 21.4. The van der Waals surface area contributed by atoms with Gasteiger partial charge in [0.05, 0.1) is 28.7 Å². The number of hydrogen-bond donors (Lipinski definition) is 3. The molecule has 0 radical (unpaired) electrons. The van der Waals surface area contributed by atoms with Crippen LogP contribution >= 0.6 is 23.2 Å². The smallest absolute Gasteiger partial charge is 0.272 e. The Bertz CT molecular complexity index is 1840. The van der Waals surface area contributed by atoms with Crippen LogP contribution in [-0.2, 0) is 36.1 Å². The number of hydrogen-bond acceptors (Lipinski definition) is 6. The third-order valence-corrected chi connectivity index (χ3v) is 9.03. The molecule has 0 unspecified atom stereocenters. The number of nitrogens with two attached hydrogens (primary N) is 1. The second-order valence-corrected chi connectivity index (χ2v) is 12.0. The van der Waals surface area contributed by atoms with Crippen molar-refractivity contribution in [3.63, 3.8) is 0 Å². The summed E-state index contributed by atoms with van der Waals surface area (Å²) >= 11 is 12.6. The summed E-state index contributed by atoms with van der Waals surface area (Å²) in [6.07, 6.45) is 10.2. The molecule has 0 atom stereocenters. The Kier molecular flexibility index (Phi) is 8.75. The Morgan fingerprint density at radius 1 is 0.955 bits per heavy atom. The van der Waals surface area contributed by atoms with Crippen molar-refractivity contribution in [3.8, 4) is 11.1 Å². The molecular formula is C34H32Cl2N6O2. The largest absolute Gasteiger partial charge is 0.350 e. The Morgan fingerprint density at radius 3 is 2.45 bits per heavy atom. The quantitative estimate of drug-likeness (QED) is 0.210. The number of aromatic nitrogens is 4. The highest BCUT2D eigenvalue weighted by Gasteiger charge is 2.51. The van der Waals surface area contributed by atoms with Gasteiger partial charge in [0.1, 0.15) is 0 Å². The number of rotatable bonds is 6. The van der Waals surface area contributed by atoms with Crippen molar-refractivity contribution in [1.82, 2.24) is 25.5 Å². The molecule has 10 heteroatoms. The molecule has 3 aromatic heterocycles. The fourth-order valence-corrected chi connectivity index (χ4v) is 6.38. The van der Waals surface area contributed by atoms with Crippen LogP contribution in [0.2, 0.25) is 10.0 Å². The number of nitrogens with zero attached hydrogens (tertiary/aromatic N) is 3. The fraction of sp³-hybridized carbons (Fsp3) is 0.265. The number of carbonyl (C=O) groups is 1. The average Bonchev–Trinajstić information content (AvgIpc) is 3.87. The van der Waals surface area contributed by atoms with E-state index in [0.29, 0.717) is 33.1 Å². The maximum Gasteiger partial charge on any atom is 0.272 e. The van der Waals surface area contributed by atoms with Gasteiger partial charge in [-0.05, 0) is 86.1 Å². The van der Waals surface area contributed by atoms with Crippen LogP contribution in [0.1, 0.15) is 53.9 Å². The van der Waals surface area contributed by atoms with Crippen LogP contribution in [0.25, 0.3) is 21.9 Å². The van der Waals surface area contributed by atoms with Crippen molar-refractivity contribution >= 4 is 39.9 Å². The molecule has 224 valence electrons. The highest BCUT2D eigenvalue weighted by atomic mass is 35.5. The Labute approximate surface area is 265 Å². The number of halogens is 2. The number of nitrogens with one attached hydrogen (secondary N) is 2. The van der Waals surface area contributed by atoms with Crippen molar-refractivity contribution < 1.29 is 4.79 Å². The molecule has 8 nitrogen and oxygen atoms in total. The first-order valence-corrected chi connectivity index (χ1v) is 15.5. The summed E-state index contributed by atoms with van der Waals surface area (Å²) in [5, 5.41) is 11.8. The van der Waals surface area contributed by atoms with Gasteiger partial charge in [0, 0.05) is 51.2 Å². The number of fused-ring (bicyclic) bond motifs is 2. The van der Waals surface area contributed by atoms with E-state index in [2.05, 4.69) is 31.5 Å². The van der Waals surface area contributed by atoms with Gasteiger partial charge in [-0.3, -0.25) is 19.6 Å². The van der Waals surface area contributed by atoms with Crippen molar-refractivity contribution in [3.05, 3.63) is 122 Å². The first kappa shape index (κ1) is 29.9. The van der Waals surface area contributed by atoms with E-state index in [-0.39, 0.29) is 18.0 Å². The molecule has 0 spiro atoms. The van der Waals surface area contributed by atoms with Crippen LogP contribution in [0.4, 0.5) is 0 Å². The minimum Gasteiger partial charge on any atom is -0.350 e.